The van der Waals surface area contributed by atoms with E-state index in [1.807, 2.05) is 0 Å². The molecule has 3 unspecified atom stereocenters. The topological polar surface area (TPSA) is 175 Å². The minimum Gasteiger partial charge on any atom is -0.481 e. The number of carboxylic acid groups (broad SMARTS) is 1. The summed E-state index contributed by atoms with van der Waals surface area (Å²) in [6.45, 7) is 0.0202. The van der Waals surface area contributed by atoms with Crippen molar-refractivity contribution in [1.29, 1.82) is 0 Å². The number of β-lactam (4-membered cyclic amide) rings is 1. The van der Waals surface area contributed by atoms with Crippen LogP contribution in [-0.4, -0.2) is 84.0 Å². The molecule has 0 radical (unpaired) electrons. The molecule has 0 aromatic carbocycles. The highest BCUT2D eigenvalue weighted by Gasteiger charge is 2.57. The van der Waals surface area contributed by atoms with Crippen LogP contribution < -0.4 is 10.6 Å². The highest BCUT2D eigenvalue weighted by Crippen LogP contribution is 2.44. The summed E-state index contributed by atoms with van der Waals surface area (Å²) >= 11 is 4.92. The number of thiazole rings is 1. The molecule has 0 aliphatic carbocycles. The summed E-state index contributed by atoms with van der Waals surface area (Å²) in [6.07, 6.45) is -1.18. The number of hydrogen-bond donors (Lipinski definition) is 4. The van der Waals surface area contributed by atoms with Crippen LogP contribution in [0.15, 0.2) is 15.2 Å². The standard InChI is InChI=1S/C16H16N6O6S4/c23-5-17-14-19-7(1-29-14)9(24)10(25)20-8-11(26)22-2-16(13(27)28,3-30-12(8)22)4-31-15-21-18-6-32-15/h1,5-6,8-9,12,24H,2-4H2,(H,20,25)(H,27,28)(H,17,19,23)/t8?,9?,12-,16?/m1/s1. The zero-order chi connectivity index (χ0) is 22.9. The average molecular weight is 517 g/mol. The van der Waals surface area contributed by atoms with E-state index in [-0.39, 0.29) is 28.9 Å². The number of carbonyl (C=O) groups is 4. The van der Waals surface area contributed by atoms with E-state index >= 15 is 0 Å². The number of nitrogens with one attached hydrogen (secondary N) is 2. The van der Waals surface area contributed by atoms with Gasteiger partial charge in [0, 0.05) is 23.4 Å². The summed E-state index contributed by atoms with van der Waals surface area (Å²) < 4.78 is 0.653. The van der Waals surface area contributed by atoms with Crippen LogP contribution in [0.3, 0.4) is 0 Å². The lowest BCUT2D eigenvalue weighted by molar-refractivity contribution is -0.158. The molecule has 4 atom stereocenters. The fourth-order valence-corrected chi connectivity index (χ4v) is 7.26. The maximum atomic E-state index is 12.7. The number of rotatable bonds is 9. The molecule has 4 heterocycles. The summed E-state index contributed by atoms with van der Waals surface area (Å²) in [5.74, 6) is -1.72. The van der Waals surface area contributed by atoms with Gasteiger partial charge in [0.1, 0.15) is 22.3 Å². The van der Waals surface area contributed by atoms with Gasteiger partial charge in [-0.05, 0) is 0 Å². The number of carboxylic acids is 1. The Morgan fingerprint density at radius 1 is 1.44 bits per heavy atom. The molecule has 2 aliphatic rings. The zero-order valence-electron chi connectivity index (χ0n) is 16.0. The van der Waals surface area contributed by atoms with Crippen molar-refractivity contribution < 1.29 is 29.4 Å². The third kappa shape index (κ3) is 4.32. The molecule has 3 amide bonds. The van der Waals surface area contributed by atoms with Crippen LogP contribution in [-0.2, 0) is 19.2 Å². The second kappa shape index (κ2) is 9.30. The van der Waals surface area contributed by atoms with Gasteiger partial charge >= 0.3 is 5.97 Å². The fraction of sp³-hybridized carbons (Fsp3) is 0.438. The molecule has 2 aromatic rings. The van der Waals surface area contributed by atoms with E-state index in [0.717, 1.165) is 11.3 Å². The molecule has 0 spiro atoms. The molecule has 4 N–H and O–H groups in total. The third-order valence-electron chi connectivity index (χ3n) is 4.94. The van der Waals surface area contributed by atoms with Gasteiger partial charge in [-0.3, -0.25) is 19.2 Å². The quantitative estimate of drug-likeness (QED) is 0.198. The van der Waals surface area contributed by atoms with Crippen LogP contribution in [0.4, 0.5) is 5.13 Å². The first-order valence-corrected chi connectivity index (χ1v) is 12.8. The third-order valence-corrected chi connectivity index (χ3v) is 9.47. The lowest BCUT2D eigenvalue weighted by Gasteiger charge is -2.53. The van der Waals surface area contributed by atoms with Crippen molar-refractivity contribution in [2.75, 3.05) is 23.4 Å². The molecule has 2 saturated heterocycles. The number of amides is 3. The molecule has 2 fully saturated rings. The second-order valence-electron chi connectivity index (χ2n) is 6.98. The lowest BCUT2D eigenvalue weighted by atomic mass is 9.89. The van der Waals surface area contributed by atoms with Gasteiger partial charge in [-0.25, -0.2) is 4.98 Å². The highest BCUT2D eigenvalue weighted by molar-refractivity contribution is 8.01. The molecular weight excluding hydrogens is 500 g/mol. The molecule has 16 heteroatoms. The van der Waals surface area contributed by atoms with Crippen LogP contribution in [0.25, 0.3) is 0 Å². The molecule has 2 aromatic heterocycles. The maximum Gasteiger partial charge on any atom is 0.313 e. The molecule has 0 bridgehead atoms. The van der Waals surface area contributed by atoms with Crippen LogP contribution in [0, 0.1) is 5.41 Å². The number of carbonyl (C=O) groups excluding carboxylic acids is 3. The van der Waals surface area contributed by atoms with Crippen LogP contribution in [0.5, 0.6) is 0 Å². The SMILES string of the molecule is O=CNc1nc(C(O)C(=O)NC2C(=O)N3CC(CSc4nncs4)(C(=O)O)CS[C@H]23)cs1. The Bertz CT molecular complexity index is 1030. The Morgan fingerprint density at radius 3 is 2.94 bits per heavy atom. The van der Waals surface area contributed by atoms with Crippen molar-refractivity contribution in [2.45, 2.75) is 21.9 Å². The summed E-state index contributed by atoms with van der Waals surface area (Å²) in [6, 6.07) is -0.865. The minimum atomic E-state index is -1.61. The number of nitrogens with zero attached hydrogens (tertiary/aromatic N) is 4. The molecule has 0 saturated carbocycles. The van der Waals surface area contributed by atoms with Gasteiger partial charge in [0.2, 0.25) is 12.3 Å². The summed E-state index contributed by atoms with van der Waals surface area (Å²) in [4.78, 5) is 53.0. The number of hydrogen-bond acceptors (Lipinski definition) is 12. The Morgan fingerprint density at radius 2 is 2.25 bits per heavy atom. The summed E-state index contributed by atoms with van der Waals surface area (Å²) in [7, 11) is 0. The zero-order valence-corrected chi connectivity index (χ0v) is 19.3. The minimum absolute atomic E-state index is 0.0202. The summed E-state index contributed by atoms with van der Waals surface area (Å²) in [5, 5.41) is 33.8. The van der Waals surface area contributed by atoms with Crippen LogP contribution >= 0.6 is 46.2 Å². The first kappa shape index (κ1) is 22.9. The molecule has 2 aliphatic heterocycles. The monoisotopic (exact) mass is 516 g/mol. The fourth-order valence-electron chi connectivity index (χ4n) is 3.23. The number of thioether (sulfide) groups is 2. The number of aliphatic carboxylic acids is 1. The Kier molecular flexibility index (Phi) is 6.66. The Labute approximate surface area is 197 Å². The molecule has 4 rings (SSSR count). The second-order valence-corrected chi connectivity index (χ2v) is 11.0. The number of anilines is 1. The molecular formula is C16H16N6O6S4. The van der Waals surface area contributed by atoms with E-state index < -0.39 is 40.7 Å². The van der Waals surface area contributed by atoms with E-state index in [4.69, 9.17) is 0 Å². The lowest BCUT2D eigenvalue weighted by Crippen LogP contribution is -2.74. The van der Waals surface area contributed by atoms with Crippen molar-refractivity contribution in [3.63, 3.8) is 0 Å². The van der Waals surface area contributed by atoms with Gasteiger partial charge in [-0.2, -0.15) is 0 Å². The van der Waals surface area contributed by atoms with Gasteiger partial charge in [-0.1, -0.05) is 23.1 Å². The number of aliphatic hydroxyl groups is 1. The van der Waals surface area contributed by atoms with E-state index in [9.17, 15) is 29.4 Å². The molecule has 170 valence electrons. The van der Waals surface area contributed by atoms with E-state index in [2.05, 4.69) is 25.8 Å². The van der Waals surface area contributed by atoms with Gasteiger partial charge in [0.25, 0.3) is 5.91 Å². The largest absolute Gasteiger partial charge is 0.481 e. The first-order valence-electron chi connectivity index (χ1n) is 9.03. The Balaban J connectivity index is 1.37. The Hall–Kier alpha value is -2.27. The number of fused-ring (bicyclic) bond motifs is 1. The summed E-state index contributed by atoms with van der Waals surface area (Å²) in [5.41, 5.74) is 0.466. The first-order chi connectivity index (χ1) is 15.3. The number of aromatic nitrogens is 3. The van der Waals surface area contributed by atoms with Crippen LogP contribution in [0.2, 0.25) is 0 Å². The van der Waals surface area contributed by atoms with Gasteiger partial charge in [-0.15, -0.1) is 33.3 Å². The highest BCUT2D eigenvalue weighted by atomic mass is 32.2. The predicted molar refractivity (Wildman–Crippen MR) is 117 cm³/mol. The van der Waals surface area contributed by atoms with Crippen molar-refractivity contribution in [1.82, 2.24) is 25.4 Å². The normalized spacial score (nSPS) is 25.4. The molecule has 12 nitrogen and oxygen atoms in total. The van der Waals surface area contributed by atoms with Gasteiger partial charge in [0.05, 0.1) is 5.69 Å². The predicted octanol–water partition coefficient (Wildman–Crippen LogP) is -0.140. The van der Waals surface area contributed by atoms with Crippen molar-refractivity contribution in [2.24, 2.45) is 5.41 Å². The van der Waals surface area contributed by atoms with E-state index in [1.54, 1.807) is 5.51 Å². The number of aliphatic hydroxyl groups excluding tert-OH is 1. The van der Waals surface area contributed by atoms with Crippen molar-refractivity contribution >= 4 is 75.5 Å². The van der Waals surface area contributed by atoms with E-state index in [0.29, 0.717) is 10.7 Å². The van der Waals surface area contributed by atoms with Gasteiger partial charge < -0.3 is 25.7 Å². The van der Waals surface area contributed by atoms with Gasteiger partial charge in [0.15, 0.2) is 15.6 Å². The van der Waals surface area contributed by atoms with Crippen molar-refractivity contribution in [3.8, 4) is 0 Å². The van der Waals surface area contributed by atoms with E-state index in [1.165, 1.54) is 45.1 Å². The maximum absolute atomic E-state index is 12.7. The smallest absolute Gasteiger partial charge is 0.313 e. The van der Waals surface area contributed by atoms with Crippen molar-refractivity contribution in [3.05, 3.63) is 16.6 Å². The molecule has 32 heavy (non-hydrogen) atoms. The average Bonchev–Trinajstić information content (AvgIpc) is 3.47. The van der Waals surface area contributed by atoms with Crippen LogP contribution in [0.1, 0.15) is 11.8 Å².